The summed E-state index contributed by atoms with van der Waals surface area (Å²) in [5, 5.41) is 3.01. The molecule has 0 aromatic heterocycles. The van der Waals surface area contributed by atoms with Gasteiger partial charge < -0.3 is 20.7 Å². The van der Waals surface area contributed by atoms with E-state index in [1.807, 2.05) is 6.92 Å². The predicted molar refractivity (Wildman–Crippen MR) is 72.3 cm³/mol. The Kier molecular flexibility index (Phi) is 6.05. The topological polar surface area (TPSA) is 67.6 Å². The summed E-state index contributed by atoms with van der Waals surface area (Å²) in [5.74, 6) is 0.331. The van der Waals surface area contributed by atoms with Gasteiger partial charge in [-0.25, -0.2) is 0 Å². The molecule has 1 aliphatic rings. The summed E-state index contributed by atoms with van der Waals surface area (Å²) in [4.78, 5) is 13.6. The minimum Gasteiger partial charge on any atom is -0.381 e. The van der Waals surface area contributed by atoms with Crippen LogP contribution in [-0.4, -0.2) is 56.7 Å². The summed E-state index contributed by atoms with van der Waals surface area (Å²) in [6.45, 7) is 5.51. The largest absolute Gasteiger partial charge is 0.381 e. The summed E-state index contributed by atoms with van der Waals surface area (Å²) in [6.07, 6.45) is 3.13. The fourth-order valence-corrected chi connectivity index (χ4v) is 2.27. The fraction of sp³-hybridized carbons (Fsp3) is 0.923. The van der Waals surface area contributed by atoms with Gasteiger partial charge in [-0.1, -0.05) is 0 Å². The zero-order valence-electron chi connectivity index (χ0n) is 11.9. The normalized spacial score (nSPS) is 23.9. The Morgan fingerprint density at radius 1 is 1.61 bits per heavy atom. The molecule has 0 aromatic carbocycles. The van der Waals surface area contributed by atoms with E-state index in [4.69, 9.17) is 10.5 Å². The SMILES string of the molecule is CNC(C)(CCN(C)CC1CCCOC1)C(N)=O. The highest BCUT2D eigenvalue weighted by Gasteiger charge is 2.29. The molecule has 1 rings (SSSR count). The van der Waals surface area contributed by atoms with E-state index in [0.717, 1.165) is 39.1 Å². The maximum Gasteiger partial charge on any atom is 0.237 e. The van der Waals surface area contributed by atoms with Crippen LogP contribution in [0.25, 0.3) is 0 Å². The Labute approximate surface area is 110 Å². The monoisotopic (exact) mass is 257 g/mol. The zero-order chi connectivity index (χ0) is 13.6. The van der Waals surface area contributed by atoms with Crippen molar-refractivity contribution in [3.63, 3.8) is 0 Å². The number of amides is 1. The van der Waals surface area contributed by atoms with Crippen molar-refractivity contribution in [1.82, 2.24) is 10.2 Å². The first kappa shape index (κ1) is 15.4. The second kappa shape index (κ2) is 7.07. The first-order valence-corrected chi connectivity index (χ1v) is 6.73. The molecule has 5 heteroatoms. The van der Waals surface area contributed by atoms with Gasteiger partial charge >= 0.3 is 0 Å². The lowest BCUT2D eigenvalue weighted by molar-refractivity contribution is -0.124. The highest BCUT2D eigenvalue weighted by atomic mass is 16.5. The van der Waals surface area contributed by atoms with Crippen LogP contribution in [0.15, 0.2) is 0 Å². The second-order valence-corrected chi connectivity index (χ2v) is 5.54. The number of nitrogens with two attached hydrogens (primary N) is 1. The van der Waals surface area contributed by atoms with Gasteiger partial charge in [-0.05, 0) is 46.2 Å². The molecule has 0 spiro atoms. The molecule has 18 heavy (non-hydrogen) atoms. The predicted octanol–water partition coefficient (Wildman–Crippen LogP) is 0.198. The number of rotatable bonds is 7. The van der Waals surface area contributed by atoms with E-state index in [9.17, 15) is 4.79 Å². The second-order valence-electron chi connectivity index (χ2n) is 5.54. The van der Waals surface area contributed by atoms with Crippen LogP contribution in [0.1, 0.15) is 26.2 Å². The lowest BCUT2D eigenvalue weighted by Crippen LogP contribution is -2.53. The Morgan fingerprint density at radius 3 is 2.83 bits per heavy atom. The van der Waals surface area contributed by atoms with Crippen LogP contribution in [0.5, 0.6) is 0 Å². The molecule has 3 N–H and O–H groups in total. The van der Waals surface area contributed by atoms with Crippen molar-refractivity contribution in [1.29, 1.82) is 0 Å². The van der Waals surface area contributed by atoms with E-state index in [0.29, 0.717) is 5.92 Å². The molecule has 0 saturated carbocycles. The van der Waals surface area contributed by atoms with Crippen molar-refractivity contribution in [3.8, 4) is 0 Å². The number of likely N-dealkylation sites (N-methyl/N-ethyl adjacent to an activating group) is 1. The van der Waals surface area contributed by atoms with Crippen LogP contribution in [0.2, 0.25) is 0 Å². The van der Waals surface area contributed by atoms with Crippen molar-refractivity contribution in [2.75, 3.05) is 40.4 Å². The van der Waals surface area contributed by atoms with Crippen molar-refractivity contribution in [2.24, 2.45) is 11.7 Å². The van der Waals surface area contributed by atoms with Gasteiger partial charge in [0.25, 0.3) is 0 Å². The van der Waals surface area contributed by atoms with E-state index in [1.165, 1.54) is 6.42 Å². The number of carbonyl (C=O) groups is 1. The highest BCUT2D eigenvalue weighted by molar-refractivity contribution is 5.84. The third kappa shape index (κ3) is 4.55. The third-order valence-electron chi connectivity index (χ3n) is 3.91. The molecule has 1 fully saturated rings. The van der Waals surface area contributed by atoms with Crippen LogP contribution in [0.3, 0.4) is 0 Å². The van der Waals surface area contributed by atoms with Gasteiger partial charge in [0.15, 0.2) is 0 Å². The molecular weight excluding hydrogens is 230 g/mol. The molecule has 1 heterocycles. The van der Waals surface area contributed by atoms with Crippen molar-refractivity contribution < 1.29 is 9.53 Å². The smallest absolute Gasteiger partial charge is 0.237 e. The first-order chi connectivity index (χ1) is 8.48. The number of hydrogen-bond acceptors (Lipinski definition) is 4. The molecule has 1 saturated heterocycles. The third-order valence-corrected chi connectivity index (χ3v) is 3.91. The minimum atomic E-state index is -0.614. The molecule has 1 amide bonds. The van der Waals surface area contributed by atoms with Gasteiger partial charge in [0.2, 0.25) is 5.91 Å². The average molecular weight is 257 g/mol. The molecule has 0 bridgehead atoms. The number of nitrogens with one attached hydrogen (secondary N) is 1. The molecule has 0 aliphatic carbocycles. The summed E-state index contributed by atoms with van der Waals surface area (Å²) < 4.78 is 5.47. The van der Waals surface area contributed by atoms with E-state index >= 15 is 0 Å². The standard InChI is InChI=1S/C13H27N3O2/c1-13(15-2,12(14)17)6-7-16(3)9-11-5-4-8-18-10-11/h11,15H,4-10H2,1-3H3,(H2,14,17). The highest BCUT2D eigenvalue weighted by Crippen LogP contribution is 2.15. The van der Waals surface area contributed by atoms with E-state index < -0.39 is 5.54 Å². The Morgan fingerprint density at radius 2 is 2.33 bits per heavy atom. The molecule has 5 nitrogen and oxygen atoms in total. The maximum atomic E-state index is 11.4. The van der Waals surface area contributed by atoms with Crippen LogP contribution in [-0.2, 0) is 9.53 Å². The van der Waals surface area contributed by atoms with Crippen molar-refractivity contribution in [2.45, 2.75) is 31.7 Å². The lowest BCUT2D eigenvalue weighted by atomic mass is 9.96. The van der Waals surface area contributed by atoms with Gasteiger partial charge in [-0.3, -0.25) is 4.79 Å². The number of primary amides is 1. The summed E-state index contributed by atoms with van der Waals surface area (Å²) in [7, 11) is 3.87. The number of hydrogen-bond donors (Lipinski definition) is 2. The number of nitrogens with zero attached hydrogens (tertiary/aromatic N) is 1. The van der Waals surface area contributed by atoms with Gasteiger partial charge in [0.05, 0.1) is 12.1 Å². The van der Waals surface area contributed by atoms with Gasteiger partial charge in [-0.15, -0.1) is 0 Å². The van der Waals surface area contributed by atoms with Crippen molar-refractivity contribution in [3.05, 3.63) is 0 Å². The number of ether oxygens (including phenoxy) is 1. The van der Waals surface area contributed by atoms with Crippen LogP contribution >= 0.6 is 0 Å². The molecule has 0 aromatic rings. The van der Waals surface area contributed by atoms with E-state index in [-0.39, 0.29) is 5.91 Å². The fourth-order valence-electron chi connectivity index (χ4n) is 2.27. The zero-order valence-corrected chi connectivity index (χ0v) is 11.9. The van der Waals surface area contributed by atoms with Gasteiger partial charge in [-0.2, -0.15) is 0 Å². The molecule has 106 valence electrons. The van der Waals surface area contributed by atoms with Crippen LogP contribution < -0.4 is 11.1 Å². The first-order valence-electron chi connectivity index (χ1n) is 6.73. The van der Waals surface area contributed by atoms with Gasteiger partial charge in [0.1, 0.15) is 0 Å². The van der Waals surface area contributed by atoms with Crippen LogP contribution in [0.4, 0.5) is 0 Å². The summed E-state index contributed by atoms with van der Waals surface area (Å²) >= 11 is 0. The van der Waals surface area contributed by atoms with E-state index in [1.54, 1.807) is 7.05 Å². The molecule has 2 unspecified atom stereocenters. The summed E-state index contributed by atoms with van der Waals surface area (Å²) in [6, 6.07) is 0. The van der Waals surface area contributed by atoms with E-state index in [2.05, 4.69) is 17.3 Å². The quantitative estimate of drug-likeness (QED) is 0.683. The molecule has 2 atom stereocenters. The molecular formula is C13H27N3O2. The Hall–Kier alpha value is -0.650. The number of carbonyl (C=O) groups excluding carboxylic acids is 1. The average Bonchev–Trinajstić information content (AvgIpc) is 2.37. The molecule has 0 radical (unpaired) electrons. The lowest BCUT2D eigenvalue weighted by Gasteiger charge is -2.30. The Bertz CT molecular complexity index is 267. The van der Waals surface area contributed by atoms with Crippen molar-refractivity contribution >= 4 is 5.91 Å². The van der Waals surface area contributed by atoms with Gasteiger partial charge in [0, 0.05) is 19.7 Å². The molecule has 1 aliphatic heterocycles. The Balaban J connectivity index is 2.31. The summed E-state index contributed by atoms with van der Waals surface area (Å²) in [5.41, 5.74) is 4.80. The minimum absolute atomic E-state index is 0.292. The van der Waals surface area contributed by atoms with Crippen LogP contribution in [0, 0.1) is 5.92 Å². The maximum absolute atomic E-state index is 11.4.